The van der Waals surface area contributed by atoms with E-state index in [1.807, 2.05) is 38.1 Å². The predicted molar refractivity (Wildman–Crippen MR) is 124 cm³/mol. The maximum absolute atomic E-state index is 13.2. The summed E-state index contributed by atoms with van der Waals surface area (Å²) < 4.78 is 16.8. The van der Waals surface area contributed by atoms with Crippen molar-refractivity contribution in [2.24, 2.45) is 0 Å². The Labute approximate surface area is 197 Å². The molecule has 3 heterocycles. The third-order valence-corrected chi connectivity index (χ3v) is 6.10. The van der Waals surface area contributed by atoms with Crippen LogP contribution >= 0.6 is 0 Å². The summed E-state index contributed by atoms with van der Waals surface area (Å²) >= 11 is 0. The number of carbonyl (C=O) groups excluding carboxylic acids is 2. The Morgan fingerprint density at radius 2 is 2.00 bits per heavy atom. The van der Waals surface area contributed by atoms with Gasteiger partial charge >= 0.3 is 0 Å². The lowest BCUT2D eigenvalue weighted by Gasteiger charge is -2.25. The van der Waals surface area contributed by atoms with Gasteiger partial charge in [-0.2, -0.15) is 0 Å². The van der Waals surface area contributed by atoms with Crippen LogP contribution in [0.1, 0.15) is 42.3 Å². The number of aliphatic hydroxyl groups excluding tert-OH is 1. The Bertz CT molecular complexity index is 1280. The average Bonchev–Trinajstić information content (AvgIpc) is 3.53. The first-order valence-electron chi connectivity index (χ1n) is 11.3. The molecule has 3 aromatic rings. The van der Waals surface area contributed by atoms with Crippen molar-refractivity contribution in [3.8, 4) is 11.5 Å². The van der Waals surface area contributed by atoms with Crippen LogP contribution in [0, 0.1) is 0 Å². The minimum absolute atomic E-state index is 0.0390. The highest BCUT2D eigenvalue weighted by Gasteiger charge is 2.46. The fourth-order valence-corrected chi connectivity index (χ4v) is 4.63. The molecule has 0 bridgehead atoms. The monoisotopic (exact) mass is 459 g/mol. The molecule has 7 heteroatoms. The van der Waals surface area contributed by atoms with Crippen LogP contribution in [0.15, 0.2) is 70.9 Å². The zero-order chi connectivity index (χ0) is 23.8. The standard InChI is InChI=1S/C27H25NO6/c1-3-32-20-7-4-6-17(14-20)24-23(26(30)27(31)28(24)15-21-8-5-11-33-21)25(29)18-9-10-22-19(13-18)12-16(2)34-22/h4-11,13-14,16,24,29H,3,12,15H2,1-2H3/b25-23-. The van der Waals surface area contributed by atoms with Gasteiger partial charge in [0.15, 0.2) is 0 Å². The second kappa shape index (κ2) is 8.74. The number of likely N-dealkylation sites (tertiary alicyclic amines) is 1. The van der Waals surface area contributed by atoms with Gasteiger partial charge in [0.2, 0.25) is 0 Å². The number of amides is 1. The van der Waals surface area contributed by atoms with E-state index >= 15 is 0 Å². The lowest BCUT2D eigenvalue weighted by atomic mass is 9.94. The Morgan fingerprint density at radius 3 is 2.76 bits per heavy atom. The smallest absolute Gasteiger partial charge is 0.296 e. The molecule has 2 atom stereocenters. The zero-order valence-corrected chi connectivity index (χ0v) is 19.0. The first-order valence-corrected chi connectivity index (χ1v) is 11.3. The van der Waals surface area contributed by atoms with Crippen LogP contribution in [0.5, 0.6) is 11.5 Å². The van der Waals surface area contributed by atoms with Crippen LogP contribution in [0.2, 0.25) is 0 Å². The van der Waals surface area contributed by atoms with Crippen molar-refractivity contribution in [3.63, 3.8) is 0 Å². The quantitative estimate of drug-likeness (QED) is 0.329. The minimum atomic E-state index is -0.797. The number of fused-ring (bicyclic) bond motifs is 1. The highest BCUT2D eigenvalue weighted by Crippen LogP contribution is 2.42. The van der Waals surface area contributed by atoms with E-state index < -0.39 is 17.7 Å². The number of ketones is 1. The van der Waals surface area contributed by atoms with Gasteiger partial charge in [-0.3, -0.25) is 9.59 Å². The molecule has 2 aliphatic heterocycles. The van der Waals surface area contributed by atoms with Gasteiger partial charge < -0.3 is 23.9 Å². The van der Waals surface area contributed by atoms with Crippen molar-refractivity contribution in [1.29, 1.82) is 0 Å². The number of benzene rings is 2. The number of furan rings is 1. The molecule has 1 saturated heterocycles. The van der Waals surface area contributed by atoms with Gasteiger partial charge in [-0.05, 0) is 67.4 Å². The largest absolute Gasteiger partial charge is 0.507 e. The lowest BCUT2D eigenvalue weighted by molar-refractivity contribution is -0.140. The SMILES string of the molecule is CCOc1cccc(C2/C(=C(/O)c3ccc4c(c3)CC(C)O4)C(=O)C(=O)N2Cc2ccco2)c1. The average molecular weight is 459 g/mol. The summed E-state index contributed by atoms with van der Waals surface area (Å²) in [4.78, 5) is 27.8. The summed E-state index contributed by atoms with van der Waals surface area (Å²) in [5, 5.41) is 11.3. The van der Waals surface area contributed by atoms with Crippen molar-refractivity contribution < 1.29 is 28.6 Å². The molecule has 1 amide bonds. The number of Topliss-reactive ketones (excluding diaryl/α,β-unsaturated/α-hetero) is 1. The molecular weight excluding hydrogens is 434 g/mol. The molecule has 0 radical (unpaired) electrons. The minimum Gasteiger partial charge on any atom is -0.507 e. The summed E-state index contributed by atoms with van der Waals surface area (Å²) in [5.41, 5.74) is 2.13. The van der Waals surface area contributed by atoms with E-state index in [1.165, 1.54) is 11.2 Å². The molecule has 2 aliphatic rings. The van der Waals surface area contributed by atoms with Crippen molar-refractivity contribution in [1.82, 2.24) is 4.90 Å². The number of aliphatic hydroxyl groups is 1. The van der Waals surface area contributed by atoms with E-state index in [4.69, 9.17) is 13.9 Å². The highest BCUT2D eigenvalue weighted by molar-refractivity contribution is 6.46. The molecule has 174 valence electrons. The van der Waals surface area contributed by atoms with Crippen molar-refractivity contribution in [2.45, 2.75) is 39.0 Å². The molecular formula is C27H25NO6. The van der Waals surface area contributed by atoms with Gasteiger partial charge in [-0.25, -0.2) is 0 Å². The molecule has 34 heavy (non-hydrogen) atoms. The van der Waals surface area contributed by atoms with Crippen molar-refractivity contribution in [2.75, 3.05) is 6.61 Å². The number of rotatable bonds is 6. The third-order valence-electron chi connectivity index (χ3n) is 6.10. The van der Waals surface area contributed by atoms with E-state index in [2.05, 4.69) is 0 Å². The topological polar surface area (TPSA) is 89.2 Å². The Morgan fingerprint density at radius 1 is 1.15 bits per heavy atom. The summed E-state index contributed by atoms with van der Waals surface area (Å²) in [7, 11) is 0. The highest BCUT2D eigenvalue weighted by atomic mass is 16.5. The molecule has 2 aromatic carbocycles. The van der Waals surface area contributed by atoms with Crippen LogP contribution in [0.3, 0.4) is 0 Å². The van der Waals surface area contributed by atoms with Gasteiger partial charge in [0.25, 0.3) is 11.7 Å². The number of hydrogen-bond acceptors (Lipinski definition) is 6. The van der Waals surface area contributed by atoms with Crippen LogP contribution in [-0.4, -0.2) is 34.4 Å². The van der Waals surface area contributed by atoms with E-state index in [1.54, 1.807) is 30.3 Å². The Balaban J connectivity index is 1.63. The summed E-state index contributed by atoms with van der Waals surface area (Å²) in [6.07, 6.45) is 2.28. The van der Waals surface area contributed by atoms with Gasteiger partial charge in [0.1, 0.15) is 29.1 Å². The lowest BCUT2D eigenvalue weighted by Crippen LogP contribution is -2.29. The van der Waals surface area contributed by atoms with Gasteiger partial charge in [-0.15, -0.1) is 0 Å². The predicted octanol–water partition coefficient (Wildman–Crippen LogP) is 4.62. The van der Waals surface area contributed by atoms with Crippen molar-refractivity contribution in [3.05, 3.63) is 88.9 Å². The normalized spacial score (nSPS) is 20.9. The van der Waals surface area contributed by atoms with E-state index in [0.717, 1.165) is 11.3 Å². The second-order valence-corrected chi connectivity index (χ2v) is 8.47. The van der Waals surface area contributed by atoms with Gasteiger partial charge in [0.05, 0.1) is 31.0 Å². The number of carbonyl (C=O) groups is 2. The zero-order valence-electron chi connectivity index (χ0n) is 19.0. The van der Waals surface area contributed by atoms with Gasteiger partial charge in [-0.1, -0.05) is 12.1 Å². The van der Waals surface area contributed by atoms with Gasteiger partial charge in [0, 0.05) is 12.0 Å². The van der Waals surface area contributed by atoms with E-state index in [0.29, 0.717) is 35.7 Å². The van der Waals surface area contributed by atoms with E-state index in [9.17, 15) is 14.7 Å². The molecule has 0 saturated carbocycles. The number of ether oxygens (including phenoxy) is 2. The summed E-state index contributed by atoms with van der Waals surface area (Å²) in [5.74, 6) is 0.283. The maximum Gasteiger partial charge on any atom is 0.296 e. The number of hydrogen-bond donors (Lipinski definition) is 1. The molecule has 1 fully saturated rings. The Kier molecular flexibility index (Phi) is 5.61. The van der Waals surface area contributed by atoms with Crippen LogP contribution < -0.4 is 9.47 Å². The molecule has 5 rings (SSSR count). The fourth-order valence-electron chi connectivity index (χ4n) is 4.63. The maximum atomic E-state index is 13.2. The summed E-state index contributed by atoms with van der Waals surface area (Å²) in [6.45, 7) is 4.43. The Hall–Kier alpha value is -4.00. The third kappa shape index (κ3) is 3.83. The summed E-state index contributed by atoms with van der Waals surface area (Å²) in [6, 6.07) is 15.2. The van der Waals surface area contributed by atoms with Crippen LogP contribution in [-0.2, 0) is 22.6 Å². The first kappa shape index (κ1) is 21.8. The van der Waals surface area contributed by atoms with Crippen LogP contribution in [0.4, 0.5) is 0 Å². The van der Waals surface area contributed by atoms with E-state index in [-0.39, 0.29) is 24.0 Å². The van der Waals surface area contributed by atoms with Crippen molar-refractivity contribution >= 4 is 17.4 Å². The molecule has 2 unspecified atom stereocenters. The fraction of sp³-hybridized carbons (Fsp3) is 0.259. The molecule has 0 spiro atoms. The van der Waals surface area contributed by atoms with Crippen LogP contribution in [0.25, 0.3) is 5.76 Å². The first-order chi connectivity index (χ1) is 16.5. The molecule has 7 nitrogen and oxygen atoms in total. The second-order valence-electron chi connectivity index (χ2n) is 8.47. The molecule has 1 aromatic heterocycles. The molecule has 0 aliphatic carbocycles. The number of nitrogens with zero attached hydrogens (tertiary/aromatic N) is 1. The molecule has 1 N–H and O–H groups in total.